The minimum atomic E-state index is -0.0702. The molecule has 0 fully saturated rings. The molecular weight excluding hydrogens is 230 g/mol. The van der Waals surface area contributed by atoms with Crippen LogP contribution in [0.25, 0.3) is 0 Å². The molecule has 0 amide bonds. The molecule has 0 saturated heterocycles. The molecule has 0 radical (unpaired) electrons. The Kier molecular flexibility index (Phi) is 6.18. The molecule has 100 valence electrons. The number of aliphatic hydroxyl groups excluding tert-OH is 1. The zero-order valence-corrected chi connectivity index (χ0v) is 10.6. The van der Waals surface area contributed by atoms with E-state index in [0.717, 1.165) is 12.0 Å². The lowest BCUT2D eigenvalue weighted by Crippen LogP contribution is -2.37. The molecule has 5 heteroatoms. The van der Waals surface area contributed by atoms with E-state index in [1.165, 1.54) is 0 Å². The molecule has 0 bridgehead atoms. The number of rotatable bonds is 7. The van der Waals surface area contributed by atoms with Crippen LogP contribution in [-0.4, -0.2) is 28.8 Å². The number of oxime groups is 1. The van der Waals surface area contributed by atoms with Crippen LogP contribution in [0, 0.1) is 0 Å². The van der Waals surface area contributed by atoms with Crippen LogP contribution in [0.4, 0.5) is 0 Å². The highest BCUT2D eigenvalue weighted by Crippen LogP contribution is 2.17. The summed E-state index contributed by atoms with van der Waals surface area (Å²) >= 11 is 0. The van der Waals surface area contributed by atoms with Crippen molar-refractivity contribution < 1.29 is 10.3 Å². The minimum Gasteiger partial charge on any atom is -0.409 e. The normalized spacial score (nSPS) is 15.3. The van der Waals surface area contributed by atoms with E-state index in [1.807, 2.05) is 37.3 Å². The molecule has 5 nitrogen and oxygen atoms in total. The van der Waals surface area contributed by atoms with Crippen LogP contribution in [-0.2, 0) is 0 Å². The predicted molar refractivity (Wildman–Crippen MR) is 71.5 cm³/mol. The summed E-state index contributed by atoms with van der Waals surface area (Å²) in [6.07, 6.45) is 1.22. The quantitative estimate of drug-likeness (QED) is 0.254. The van der Waals surface area contributed by atoms with Crippen LogP contribution < -0.4 is 11.1 Å². The molecule has 0 saturated carbocycles. The molecule has 0 aliphatic rings. The lowest BCUT2D eigenvalue weighted by molar-refractivity contribution is 0.228. The highest BCUT2D eigenvalue weighted by atomic mass is 16.4. The van der Waals surface area contributed by atoms with Crippen molar-refractivity contribution in [1.82, 2.24) is 5.32 Å². The molecule has 2 atom stereocenters. The van der Waals surface area contributed by atoms with Crippen molar-refractivity contribution in [3.8, 4) is 0 Å². The fourth-order valence-corrected chi connectivity index (χ4v) is 1.79. The van der Waals surface area contributed by atoms with Crippen LogP contribution in [0.15, 0.2) is 35.5 Å². The number of hydrogen-bond acceptors (Lipinski definition) is 4. The van der Waals surface area contributed by atoms with Crippen molar-refractivity contribution in [1.29, 1.82) is 0 Å². The highest BCUT2D eigenvalue weighted by Gasteiger charge is 2.16. The Hall–Kier alpha value is -1.59. The van der Waals surface area contributed by atoms with Gasteiger partial charge in [-0.15, -0.1) is 0 Å². The van der Waals surface area contributed by atoms with Crippen LogP contribution in [0.5, 0.6) is 0 Å². The van der Waals surface area contributed by atoms with Gasteiger partial charge in [-0.05, 0) is 12.0 Å². The van der Waals surface area contributed by atoms with Crippen LogP contribution in [0.1, 0.15) is 31.4 Å². The van der Waals surface area contributed by atoms with Crippen molar-refractivity contribution in [2.45, 2.75) is 31.8 Å². The van der Waals surface area contributed by atoms with Crippen LogP contribution in [0.2, 0.25) is 0 Å². The molecule has 2 unspecified atom stereocenters. The number of aliphatic hydroxyl groups is 1. The lowest BCUT2D eigenvalue weighted by atomic mass is 10.0. The van der Waals surface area contributed by atoms with Gasteiger partial charge in [0.25, 0.3) is 0 Å². The first-order valence-corrected chi connectivity index (χ1v) is 6.09. The second-order valence-electron chi connectivity index (χ2n) is 4.21. The van der Waals surface area contributed by atoms with Gasteiger partial charge in [-0.25, -0.2) is 0 Å². The van der Waals surface area contributed by atoms with Crippen molar-refractivity contribution in [2.75, 3.05) is 6.61 Å². The van der Waals surface area contributed by atoms with E-state index in [9.17, 15) is 5.11 Å². The van der Waals surface area contributed by atoms with Crippen molar-refractivity contribution in [3.63, 3.8) is 0 Å². The lowest BCUT2D eigenvalue weighted by Gasteiger charge is -2.24. The molecular formula is C13H21N3O2. The monoisotopic (exact) mass is 251 g/mol. The molecule has 1 rings (SSSR count). The second kappa shape index (κ2) is 7.68. The second-order valence-corrected chi connectivity index (χ2v) is 4.21. The average molecular weight is 251 g/mol. The molecule has 0 heterocycles. The zero-order chi connectivity index (χ0) is 13.4. The Labute approximate surface area is 107 Å². The molecule has 1 aromatic carbocycles. The topological polar surface area (TPSA) is 90.9 Å². The Morgan fingerprint density at radius 2 is 2.06 bits per heavy atom. The van der Waals surface area contributed by atoms with Gasteiger partial charge in [0.05, 0.1) is 6.61 Å². The predicted octanol–water partition coefficient (Wildman–Crippen LogP) is 1.22. The van der Waals surface area contributed by atoms with Gasteiger partial charge >= 0.3 is 0 Å². The highest BCUT2D eigenvalue weighted by molar-refractivity contribution is 5.80. The maximum Gasteiger partial charge on any atom is 0.141 e. The number of hydrogen-bond donors (Lipinski definition) is 4. The largest absolute Gasteiger partial charge is 0.409 e. The summed E-state index contributed by atoms with van der Waals surface area (Å²) in [5, 5.41) is 24.2. The molecule has 1 aromatic rings. The van der Waals surface area contributed by atoms with Gasteiger partial charge in [-0.1, -0.05) is 42.4 Å². The number of nitrogens with one attached hydrogen (secondary N) is 1. The van der Waals surface area contributed by atoms with E-state index < -0.39 is 0 Å². The van der Waals surface area contributed by atoms with Crippen LogP contribution in [0.3, 0.4) is 0 Å². The van der Waals surface area contributed by atoms with E-state index in [4.69, 9.17) is 10.9 Å². The smallest absolute Gasteiger partial charge is 0.141 e. The van der Waals surface area contributed by atoms with Crippen LogP contribution >= 0.6 is 0 Å². The van der Waals surface area contributed by atoms with Crippen molar-refractivity contribution in [2.24, 2.45) is 10.9 Å². The van der Waals surface area contributed by atoms with Gasteiger partial charge in [0, 0.05) is 18.5 Å². The molecule has 0 aliphatic carbocycles. The summed E-state index contributed by atoms with van der Waals surface area (Å²) in [7, 11) is 0. The third kappa shape index (κ3) is 4.35. The Morgan fingerprint density at radius 1 is 1.39 bits per heavy atom. The summed E-state index contributed by atoms with van der Waals surface area (Å²) in [6, 6.07) is 9.71. The first-order chi connectivity index (χ1) is 8.71. The van der Waals surface area contributed by atoms with E-state index in [1.54, 1.807) is 0 Å². The summed E-state index contributed by atoms with van der Waals surface area (Å²) in [5.41, 5.74) is 6.62. The summed E-state index contributed by atoms with van der Waals surface area (Å²) in [6.45, 7) is 2.06. The minimum absolute atomic E-state index is 0.00157. The van der Waals surface area contributed by atoms with Crippen molar-refractivity contribution in [3.05, 3.63) is 35.9 Å². The third-order valence-corrected chi connectivity index (χ3v) is 2.89. The first kappa shape index (κ1) is 14.5. The van der Waals surface area contributed by atoms with Gasteiger partial charge in [-0.3, -0.25) is 0 Å². The van der Waals surface area contributed by atoms with Crippen molar-refractivity contribution >= 4 is 5.84 Å². The molecule has 0 aliphatic heterocycles. The van der Waals surface area contributed by atoms with E-state index in [-0.39, 0.29) is 24.5 Å². The van der Waals surface area contributed by atoms with Gasteiger partial charge in [0.1, 0.15) is 5.84 Å². The summed E-state index contributed by atoms with van der Waals surface area (Å²) in [4.78, 5) is 0. The SMILES string of the molecule is CCC(CO)NC(CC(N)=NO)c1ccccc1. The number of benzene rings is 1. The number of nitrogens with two attached hydrogens (primary N) is 1. The zero-order valence-electron chi connectivity index (χ0n) is 10.6. The molecule has 0 spiro atoms. The Bertz CT molecular complexity index is 364. The number of nitrogens with zero attached hydrogens (tertiary/aromatic N) is 1. The molecule has 0 aromatic heterocycles. The Morgan fingerprint density at radius 3 is 2.56 bits per heavy atom. The van der Waals surface area contributed by atoms with E-state index in [0.29, 0.717) is 6.42 Å². The summed E-state index contributed by atoms with van der Waals surface area (Å²) < 4.78 is 0. The summed E-state index contributed by atoms with van der Waals surface area (Å²) in [5.74, 6) is 0.171. The van der Waals surface area contributed by atoms with Gasteiger partial charge < -0.3 is 21.4 Å². The maximum absolute atomic E-state index is 9.24. The van der Waals surface area contributed by atoms with Gasteiger partial charge in [-0.2, -0.15) is 0 Å². The van der Waals surface area contributed by atoms with Gasteiger partial charge in [0.2, 0.25) is 0 Å². The van der Waals surface area contributed by atoms with Gasteiger partial charge in [0.15, 0.2) is 0 Å². The van der Waals surface area contributed by atoms with E-state index >= 15 is 0 Å². The first-order valence-electron chi connectivity index (χ1n) is 6.09. The Balaban J connectivity index is 2.81. The number of amidine groups is 1. The fraction of sp³-hybridized carbons (Fsp3) is 0.462. The average Bonchev–Trinajstić information content (AvgIpc) is 2.44. The standard InChI is InChI=1S/C13H21N3O2/c1-2-11(9-17)15-12(8-13(14)16-18)10-6-4-3-5-7-10/h3-7,11-12,15,17-18H,2,8-9H2,1H3,(H2,14,16). The molecule has 18 heavy (non-hydrogen) atoms. The maximum atomic E-state index is 9.24. The van der Waals surface area contributed by atoms with E-state index in [2.05, 4.69) is 10.5 Å². The molecule has 5 N–H and O–H groups in total. The fourth-order valence-electron chi connectivity index (χ4n) is 1.79. The third-order valence-electron chi connectivity index (χ3n) is 2.89.